The SMILES string of the molecule is Cc1cc(F)ccc1CCNC(C)c1nccnc1C. The largest absolute Gasteiger partial charge is 0.308 e. The molecule has 0 saturated heterocycles. The molecule has 0 aliphatic carbocycles. The highest BCUT2D eigenvalue weighted by molar-refractivity contribution is 5.26. The van der Waals surface area contributed by atoms with Crippen molar-refractivity contribution in [3.05, 3.63) is 58.9 Å². The smallest absolute Gasteiger partial charge is 0.123 e. The summed E-state index contributed by atoms with van der Waals surface area (Å²) in [5.74, 6) is -0.178. The van der Waals surface area contributed by atoms with Gasteiger partial charge < -0.3 is 5.32 Å². The van der Waals surface area contributed by atoms with Crippen LogP contribution >= 0.6 is 0 Å². The second-order valence-electron chi connectivity index (χ2n) is 5.02. The Bertz CT molecular complexity index is 584. The molecule has 1 unspecified atom stereocenters. The molecule has 3 nitrogen and oxygen atoms in total. The molecule has 1 N–H and O–H groups in total. The van der Waals surface area contributed by atoms with E-state index in [2.05, 4.69) is 22.2 Å². The van der Waals surface area contributed by atoms with Crippen molar-refractivity contribution in [1.29, 1.82) is 0 Å². The van der Waals surface area contributed by atoms with E-state index < -0.39 is 0 Å². The summed E-state index contributed by atoms with van der Waals surface area (Å²) in [4.78, 5) is 8.60. The molecule has 2 rings (SSSR count). The molecule has 0 bridgehead atoms. The Morgan fingerprint density at radius 2 is 1.95 bits per heavy atom. The van der Waals surface area contributed by atoms with Crippen LogP contribution in [0.25, 0.3) is 0 Å². The molecule has 106 valence electrons. The minimum absolute atomic E-state index is 0.157. The van der Waals surface area contributed by atoms with E-state index in [-0.39, 0.29) is 11.9 Å². The van der Waals surface area contributed by atoms with Crippen molar-refractivity contribution >= 4 is 0 Å². The lowest BCUT2D eigenvalue weighted by Crippen LogP contribution is -2.23. The molecule has 0 radical (unpaired) electrons. The highest BCUT2D eigenvalue weighted by Crippen LogP contribution is 2.13. The van der Waals surface area contributed by atoms with Crippen molar-refractivity contribution in [2.75, 3.05) is 6.54 Å². The first kappa shape index (κ1) is 14.6. The quantitative estimate of drug-likeness (QED) is 0.909. The summed E-state index contributed by atoms with van der Waals surface area (Å²) in [7, 11) is 0. The number of hydrogen-bond acceptors (Lipinski definition) is 3. The van der Waals surface area contributed by atoms with Gasteiger partial charge in [-0.05, 0) is 57.0 Å². The Hall–Kier alpha value is -1.81. The van der Waals surface area contributed by atoms with Crippen LogP contribution in [0.5, 0.6) is 0 Å². The number of halogens is 1. The Morgan fingerprint density at radius 3 is 2.65 bits per heavy atom. The molecule has 0 spiro atoms. The molecule has 4 heteroatoms. The number of aryl methyl sites for hydroxylation is 2. The third-order valence-electron chi connectivity index (χ3n) is 3.48. The summed E-state index contributed by atoms with van der Waals surface area (Å²) in [6.45, 7) is 6.80. The summed E-state index contributed by atoms with van der Waals surface area (Å²) in [5.41, 5.74) is 4.09. The number of benzene rings is 1. The average molecular weight is 273 g/mol. The fourth-order valence-electron chi connectivity index (χ4n) is 2.30. The minimum atomic E-state index is -0.178. The van der Waals surface area contributed by atoms with Crippen LogP contribution in [0.4, 0.5) is 4.39 Å². The Labute approximate surface area is 119 Å². The summed E-state index contributed by atoms with van der Waals surface area (Å²) in [5, 5.41) is 3.43. The van der Waals surface area contributed by atoms with Gasteiger partial charge in [-0.1, -0.05) is 6.07 Å². The maximum Gasteiger partial charge on any atom is 0.123 e. The second-order valence-corrected chi connectivity index (χ2v) is 5.02. The van der Waals surface area contributed by atoms with Crippen molar-refractivity contribution in [3.63, 3.8) is 0 Å². The molecule has 1 atom stereocenters. The van der Waals surface area contributed by atoms with Crippen LogP contribution in [0.15, 0.2) is 30.6 Å². The van der Waals surface area contributed by atoms with Crippen LogP contribution in [-0.4, -0.2) is 16.5 Å². The molecule has 20 heavy (non-hydrogen) atoms. The van der Waals surface area contributed by atoms with Gasteiger partial charge in [0, 0.05) is 18.4 Å². The maximum absolute atomic E-state index is 13.0. The van der Waals surface area contributed by atoms with E-state index in [4.69, 9.17) is 0 Å². The van der Waals surface area contributed by atoms with Crippen LogP contribution in [0.3, 0.4) is 0 Å². The van der Waals surface area contributed by atoms with Crippen molar-refractivity contribution in [1.82, 2.24) is 15.3 Å². The zero-order chi connectivity index (χ0) is 14.5. The first-order valence-corrected chi connectivity index (χ1v) is 6.84. The lowest BCUT2D eigenvalue weighted by Gasteiger charge is -2.15. The second kappa shape index (κ2) is 6.57. The summed E-state index contributed by atoms with van der Waals surface area (Å²) >= 11 is 0. The molecular formula is C16H20FN3. The number of hydrogen-bond donors (Lipinski definition) is 1. The highest BCUT2D eigenvalue weighted by atomic mass is 19.1. The van der Waals surface area contributed by atoms with Gasteiger partial charge in [0.15, 0.2) is 0 Å². The van der Waals surface area contributed by atoms with E-state index >= 15 is 0 Å². The van der Waals surface area contributed by atoms with Crippen molar-refractivity contribution in [3.8, 4) is 0 Å². The van der Waals surface area contributed by atoms with Gasteiger partial charge in [-0.2, -0.15) is 0 Å². The number of rotatable bonds is 5. The van der Waals surface area contributed by atoms with Gasteiger partial charge in [-0.15, -0.1) is 0 Å². The Balaban J connectivity index is 1.91. The maximum atomic E-state index is 13.0. The van der Waals surface area contributed by atoms with E-state index in [0.29, 0.717) is 0 Å². The van der Waals surface area contributed by atoms with Crippen LogP contribution < -0.4 is 5.32 Å². The van der Waals surface area contributed by atoms with Crippen molar-refractivity contribution < 1.29 is 4.39 Å². The van der Waals surface area contributed by atoms with Gasteiger partial charge in [0.25, 0.3) is 0 Å². The van der Waals surface area contributed by atoms with Gasteiger partial charge in [0.2, 0.25) is 0 Å². The molecule has 0 aliphatic heterocycles. The lowest BCUT2D eigenvalue weighted by atomic mass is 10.1. The molecule has 0 saturated carbocycles. The molecule has 0 aliphatic rings. The highest BCUT2D eigenvalue weighted by Gasteiger charge is 2.09. The molecule has 1 aromatic heterocycles. The van der Waals surface area contributed by atoms with Gasteiger partial charge in [0.1, 0.15) is 5.82 Å². The lowest BCUT2D eigenvalue weighted by molar-refractivity contribution is 0.557. The zero-order valence-corrected chi connectivity index (χ0v) is 12.2. The first-order chi connectivity index (χ1) is 9.58. The molecule has 0 amide bonds. The van der Waals surface area contributed by atoms with Crippen molar-refractivity contribution in [2.45, 2.75) is 33.2 Å². The van der Waals surface area contributed by atoms with E-state index in [1.54, 1.807) is 18.5 Å². The normalized spacial score (nSPS) is 12.4. The standard InChI is InChI=1S/C16H20FN3/c1-11-10-15(17)5-4-14(11)6-7-18-12(2)16-13(3)19-8-9-20-16/h4-5,8-10,12,18H,6-7H2,1-3H3. The number of nitrogens with one attached hydrogen (secondary N) is 1. The number of nitrogens with zero attached hydrogens (tertiary/aromatic N) is 2. The molecule has 1 heterocycles. The summed E-state index contributed by atoms with van der Waals surface area (Å²) in [6.07, 6.45) is 4.29. The van der Waals surface area contributed by atoms with E-state index in [0.717, 1.165) is 29.9 Å². The minimum Gasteiger partial charge on any atom is -0.308 e. The van der Waals surface area contributed by atoms with Crippen molar-refractivity contribution in [2.24, 2.45) is 0 Å². The van der Waals surface area contributed by atoms with Gasteiger partial charge in [0.05, 0.1) is 11.4 Å². The average Bonchev–Trinajstić information content (AvgIpc) is 2.41. The fraction of sp³-hybridized carbons (Fsp3) is 0.375. The predicted octanol–water partition coefficient (Wildman–Crippen LogP) is 3.13. The van der Waals surface area contributed by atoms with E-state index in [1.165, 1.54) is 11.6 Å². The van der Waals surface area contributed by atoms with E-state index in [9.17, 15) is 4.39 Å². The first-order valence-electron chi connectivity index (χ1n) is 6.84. The summed E-state index contributed by atoms with van der Waals surface area (Å²) < 4.78 is 13.0. The van der Waals surface area contributed by atoms with Gasteiger partial charge in [-0.3, -0.25) is 9.97 Å². The topological polar surface area (TPSA) is 37.8 Å². The van der Waals surface area contributed by atoms with Crippen LogP contribution in [0, 0.1) is 19.7 Å². The predicted molar refractivity (Wildman–Crippen MR) is 78.0 cm³/mol. The molecule has 2 aromatic rings. The molecular weight excluding hydrogens is 253 g/mol. The Kier molecular flexibility index (Phi) is 4.79. The summed E-state index contributed by atoms with van der Waals surface area (Å²) in [6, 6.07) is 5.10. The fourth-order valence-corrected chi connectivity index (χ4v) is 2.30. The van der Waals surface area contributed by atoms with E-state index in [1.807, 2.05) is 19.9 Å². The van der Waals surface area contributed by atoms with Crippen LogP contribution in [0.2, 0.25) is 0 Å². The van der Waals surface area contributed by atoms with Crippen LogP contribution in [-0.2, 0) is 6.42 Å². The van der Waals surface area contributed by atoms with Gasteiger partial charge >= 0.3 is 0 Å². The third kappa shape index (κ3) is 3.61. The monoisotopic (exact) mass is 273 g/mol. The molecule has 1 aromatic carbocycles. The van der Waals surface area contributed by atoms with Gasteiger partial charge in [-0.25, -0.2) is 4.39 Å². The third-order valence-corrected chi connectivity index (χ3v) is 3.48. The van der Waals surface area contributed by atoms with Crippen LogP contribution in [0.1, 0.15) is 35.5 Å². The molecule has 0 fully saturated rings. The number of aromatic nitrogens is 2. The Morgan fingerprint density at radius 1 is 1.20 bits per heavy atom. The zero-order valence-electron chi connectivity index (χ0n) is 12.2.